The zero-order valence-electron chi connectivity index (χ0n) is 11.3. The Balaban J connectivity index is 3.00. The van der Waals surface area contributed by atoms with E-state index in [0.29, 0.717) is 22.2 Å². The smallest absolute Gasteiger partial charge is 0.261 e. The first-order valence-corrected chi connectivity index (χ1v) is 6.67. The van der Waals surface area contributed by atoms with Gasteiger partial charge in [-0.2, -0.15) is 0 Å². The molecule has 0 aromatic carbocycles. The molecule has 0 radical (unpaired) electrons. The van der Waals surface area contributed by atoms with Crippen molar-refractivity contribution in [3.05, 3.63) is 4.88 Å². The number of rotatable bonds is 6. The molecule has 0 atom stereocenters. The molecule has 1 rings (SSSR count). The van der Waals surface area contributed by atoms with Gasteiger partial charge in [-0.05, 0) is 12.3 Å². The normalized spacial score (nSPS) is 10.7. The van der Waals surface area contributed by atoms with E-state index in [9.17, 15) is 4.79 Å². The van der Waals surface area contributed by atoms with E-state index < -0.39 is 5.91 Å². The molecule has 6 heteroatoms. The van der Waals surface area contributed by atoms with Crippen molar-refractivity contribution in [3.63, 3.8) is 0 Å². The second kappa shape index (κ2) is 5.95. The van der Waals surface area contributed by atoms with Crippen LogP contribution in [0, 0.1) is 5.92 Å². The van der Waals surface area contributed by atoms with Gasteiger partial charge in [-0.15, -0.1) is 11.3 Å². The fraction of sp³-hybridized carbons (Fsp3) is 0.583. The summed E-state index contributed by atoms with van der Waals surface area (Å²) in [6.45, 7) is 5.22. The highest BCUT2D eigenvalue weighted by Gasteiger charge is 2.22. The molecular weight excluding hydrogens is 250 g/mol. The van der Waals surface area contributed by atoms with Gasteiger partial charge in [0, 0.05) is 13.6 Å². The summed E-state index contributed by atoms with van der Waals surface area (Å²) in [6, 6.07) is 0. The van der Waals surface area contributed by atoms with Crippen molar-refractivity contribution < 1.29 is 9.53 Å². The van der Waals surface area contributed by atoms with Gasteiger partial charge in [0.05, 0.1) is 7.11 Å². The first kappa shape index (κ1) is 14.6. The zero-order chi connectivity index (χ0) is 13.9. The van der Waals surface area contributed by atoms with Crippen LogP contribution in [-0.2, 0) is 0 Å². The molecule has 1 amide bonds. The molecule has 1 aromatic heterocycles. The molecule has 0 aliphatic carbocycles. The fourth-order valence-electron chi connectivity index (χ4n) is 1.60. The van der Waals surface area contributed by atoms with Crippen LogP contribution in [0.15, 0.2) is 0 Å². The van der Waals surface area contributed by atoms with Crippen LogP contribution in [0.5, 0.6) is 5.75 Å². The van der Waals surface area contributed by atoms with Crippen LogP contribution in [-0.4, -0.2) is 26.6 Å². The van der Waals surface area contributed by atoms with Crippen LogP contribution in [0.25, 0.3) is 0 Å². The van der Waals surface area contributed by atoms with Gasteiger partial charge >= 0.3 is 0 Å². The number of thiophene rings is 1. The number of anilines is 2. The van der Waals surface area contributed by atoms with Gasteiger partial charge in [0.25, 0.3) is 5.91 Å². The fourth-order valence-corrected chi connectivity index (χ4v) is 2.63. The van der Waals surface area contributed by atoms with Crippen LogP contribution >= 0.6 is 11.3 Å². The van der Waals surface area contributed by atoms with E-state index in [4.69, 9.17) is 16.2 Å². The number of nitrogen functional groups attached to an aromatic ring is 1. The summed E-state index contributed by atoms with van der Waals surface area (Å²) < 4.78 is 5.27. The number of ether oxygens (including phenoxy) is 1. The zero-order valence-corrected chi connectivity index (χ0v) is 12.1. The van der Waals surface area contributed by atoms with Gasteiger partial charge in [-0.3, -0.25) is 4.79 Å². The summed E-state index contributed by atoms with van der Waals surface area (Å²) in [7, 11) is 3.50. The Hall–Kier alpha value is -1.43. The number of carbonyl (C=O) groups excluding carboxylic acids is 1. The Labute approximate surface area is 112 Å². The van der Waals surface area contributed by atoms with Crippen LogP contribution in [0.2, 0.25) is 0 Å². The third kappa shape index (κ3) is 3.07. The molecule has 0 saturated carbocycles. The molecule has 0 fully saturated rings. The Morgan fingerprint density at radius 3 is 2.56 bits per heavy atom. The highest BCUT2D eigenvalue weighted by molar-refractivity contribution is 7.19. The predicted octanol–water partition coefficient (Wildman–Crippen LogP) is 1.92. The summed E-state index contributed by atoms with van der Waals surface area (Å²) in [4.78, 5) is 13.7. The van der Waals surface area contributed by atoms with E-state index in [0.717, 1.165) is 18.0 Å². The average molecular weight is 271 g/mol. The van der Waals surface area contributed by atoms with Gasteiger partial charge in [0.1, 0.15) is 15.6 Å². The third-order valence-electron chi connectivity index (χ3n) is 2.70. The molecule has 0 aliphatic rings. The maximum atomic E-state index is 11.3. The molecule has 102 valence electrons. The number of nitrogens with two attached hydrogens (primary N) is 2. The van der Waals surface area contributed by atoms with Gasteiger partial charge in [-0.1, -0.05) is 13.8 Å². The molecule has 5 nitrogen and oxygen atoms in total. The quantitative estimate of drug-likeness (QED) is 0.828. The van der Waals surface area contributed by atoms with Crippen molar-refractivity contribution in [2.24, 2.45) is 11.7 Å². The van der Waals surface area contributed by atoms with Crippen molar-refractivity contribution in [2.45, 2.75) is 20.3 Å². The molecule has 0 aliphatic heterocycles. The number of amides is 1. The highest BCUT2D eigenvalue weighted by Crippen LogP contribution is 2.44. The molecule has 18 heavy (non-hydrogen) atoms. The molecule has 4 N–H and O–H groups in total. The SMILES string of the molecule is COc1c(N(C)CCC(C)C)sc(C(N)=O)c1N. The average Bonchev–Trinajstić information content (AvgIpc) is 2.63. The lowest BCUT2D eigenvalue weighted by atomic mass is 10.1. The number of hydrogen-bond acceptors (Lipinski definition) is 5. The maximum Gasteiger partial charge on any atom is 0.261 e. The molecule has 0 saturated heterocycles. The number of nitrogens with zero attached hydrogens (tertiary/aromatic N) is 1. The van der Waals surface area contributed by atoms with Crippen LogP contribution in [0.1, 0.15) is 29.9 Å². The second-order valence-electron chi connectivity index (χ2n) is 4.65. The largest absolute Gasteiger partial charge is 0.492 e. The molecule has 1 aromatic rings. The minimum atomic E-state index is -0.515. The van der Waals surface area contributed by atoms with E-state index in [1.807, 2.05) is 11.9 Å². The van der Waals surface area contributed by atoms with Gasteiger partial charge < -0.3 is 21.1 Å². The van der Waals surface area contributed by atoms with Crippen LogP contribution in [0.4, 0.5) is 10.7 Å². The molecule has 1 heterocycles. The highest BCUT2D eigenvalue weighted by atomic mass is 32.1. The Morgan fingerprint density at radius 2 is 2.11 bits per heavy atom. The monoisotopic (exact) mass is 271 g/mol. The van der Waals surface area contributed by atoms with Crippen LogP contribution in [0.3, 0.4) is 0 Å². The van der Waals surface area contributed by atoms with Crippen molar-refractivity contribution >= 4 is 27.9 Å². The first-order valence-electron chi connectivity index (χ1n) is 5.85. The molecule has 0 spiro atoms. The van der Waals surface area contributed by atoms with E-state index >= 15 is 0 Å². The molecule has 0 bridgehead atoms. The van der Waals surface area contributed by atoms with Gasteiger partial charge in [0.15, 0.2) is 5.75 Å². The third-order valence-corrected chi connectivity index (χ3v) is 4.01. The minimum absolute atomic E-state index is 0.335. The number of carbonyl (C=O) groups is 1. The predicted molar refractivity (Wildman–Crippen MR) is 76.5 cm³/mol. The lowest BCUT2D eigenvalue weighted by Crippen LogP contribution is -2.19. The Bertz CT molecular complexity index is 429. The number of methoxy groups -OCH3 is 1. The molecule has 0 unspecified atom stereocenters. The lowest BCUT2D eigenvalue weighted by Gasteiger charge is -2.19. The minimum Gasteiger partial charge on any atom is -0.492 e. The van der Waals surface area contributed by atoms with E-state index in [2.05, 4.69) is 13.8 Å². The van der Waals surface area contributed by atoms with E-state index in [-0.39, 0.29) is 0 Å². The first-order chi connectivity index (χ1) is 8.38. The van der Waals surface area contributed by atoms with Crippen molar-refractivity contribution in [1.82, 2.24) is 0 Å². The lowest BCUT2D eigenvalue weighted by molar-refractivity contribution is 0.100. The Kier molecular flexibility index (Phi) is 4.84. The van der Waals surface area contributed by atoms with Gasteiger partial charge in [0.2, 0.25) is 0 Å². The summed E-state index contributed by atoms with van der Waals surface area (Å²) >= 11 is 1.28. The van der Waals surface area contributed by atoms with Gasteiger partial charge in [-0.25, -0.2) is 0 Å². The summed E-state index contributed by atoms with van der Waals surface area (Å²) in [5, 5.41) is 0.851. The second-order valence-corrected chi connectivity index (χ2v) is 5.65. The number of hydrogen-bond donors (Lipinski definition) is 2. The van der Waals surface area contributed by atoms with Crippen molar-refractivity contribution in [3.8, 4) is 5.75 Å². The maximum absolute atomic E-state index is 11.3. The van der Waals surface area contributed by atoms with E-state index in [1.165, 1.54) is 11.3 Å². The Morgan fingerprint density at radius 1 is 1.50 bits per heavy atom. The standard InChI is InChI=1S/C12H21N3O2S/c1-7(2)5-6-15(3)12-9(17-4)8(13)10(18-12)11(14)16/h7H,5-6,13H2,1-4H3,(H2,14,16). The summed E-state index contributed by atoms with van der Waals surface area (Å²) in [5.74, 6) is 0.644. The molecular formula is C12H21N3O2S. The topological polar surface area (TPSA) is 81.6 Å². The summed E-state index contributed by atoms with van der Waals surface area (Å²) in [6.07, 6.45) is 1.06. The van der Waals surface area contributed by atoms with Crippen molar-refractivity contribution in [1.29, 1.82) is 0 Å². The van der Waals surface area contributed by atoms with E-state index in [1.54, 1.807) is 7.11 Å². The van der Waals surface area contributed by atoms with Crippen LogP contribution < -0.4 is 21.1 Å². The summed E-state index contributed by atoms with van der Waals surface area (Å²) in [5.41, 5.74) is 11.5. The van der Waals surface area contributed by atoms with Crippen molar-refractivity contribution in [2.75, 3.05) is 31.3 Å². The number of primary amides is 1.